The van der Waals surface area contributed by atoms with Crippen LogP contribution in [0.3, 0.4) is 0 Å². The predicted molar refractivity (Wildman–Crippen MR) is 66.8 cm³/mol. The molecule has 0 bridgehead atoms. The first-order chi connectivity index (χ1) is 7.72. The number of carbonyl (C=O) groups is 1. The summed E-state index contributed by atoms with van der Waals surface area (Å²) in [6, 6.07) is 5.68. The Morgan fingerprint density at radius 2 is 1.69 bits per heavy atom. The van der Waals surface area contributed by atoms with E-state index < -0.39 is 0 Å². The summed E-state index contributed by atoms with van der Waals surface area (Å²) in [6.45, 7) is 5.76. The first-order valence-electron chi connectivity index (χ1n) is 5.35. The molecule has 0 heterocycles. The van der Waals surface area contributed by atoms with Gasteiger partial charge in [-0.1, -0.05) is 20.8 Å². The summed E-state index contributed by atoms with van der Waals surface area (Å²) < 4.78 is 12.4. The molecular formula is C12H21FN2O. The minimum Gasteiger partial charge on any atom is -0.333 e. The number of halogens is 1. The molecule has 1 rings (SSSR count). The molecule has 0 aliphatic carbocycles. The second-order valence-corrected chi connectivity index (χ2v) is 2.41. The summed E-state index contributed by atoms with van der Waals surface area (Å²) in [5.74, 6) is -0.369. The number of benzene rings is 1. The Morgan fingerprint density at radius 3 is 2.06 bits per heavy atom. The first kappa shape index (κ1) is 17.0. The van der Waals surface area contributed by atoms with Gasteiger partial charge in [-0.15, -0.1) is 0 Å². The van der Waals surface area contributed by atoms with Crippen LogP contribution in [-0.4, -0.2) is 13.0 Å². The van der Waals surface area contributed by atoms with Gasteiger partial charge in [0.2, 0.25) is 5.91 Å². The van der Waals surface area contributed by atoms with Crippen molar-refractivity contribution in [3.63, 3.8) is 0 Å². The van der Waals surface area contributed by atoms with E-state index in [1.54, 1.807) is 6.92 Å². The number of carbonyl (C=O) groups excluding carboxylic acids is 1. The van der Waals surface area contributed by atoms with Crippen LogP contribution < -0.4 is 11.1 Å². The molecular weight excluding hydrogens is 207 g/mol. The van der Waals surface area contributed by atoms with Crippen LogP contribution in [0.4, 0.5) is 10.1 Å². The molecule has 0 aromatic heterocycles. The third kappa shape index (κ3) is 7.94. The number of nitrogens with two attached hydrogens (primary N) is 1. The van der Waals surface area contributed by atoms with Crippen LogP contribution in [0.2, 0.25) is 0 Å². The van der Waals surface area contributed by atoms with Crippen LogP contribution in [0, 0.1) is 5.82 Å². The van der Waals surface area contributed by atoms with E-state index >= 15 is 0 Å². The summed E-state index contributed by atoms with van der Waals surface area (Å²) >= 11 is 0. The van der Waals surface area contributed by atoms with Gasteiger partial charge in [-0.2, -0.15) is 0 Å². The molecule has 1 aromatic rings. The van der Waals surface area contributed by atoms with E-state index in [2.05, 4.69) is 11.1 Å². The molecule has 0 fully saturated rings. The van der Waals surface area contributed by atoms with Crippen LogP contribution in [0.15, 0.2) is 24.3 Å². The molecule has 0 spiro atoms. The van der Waals surface area contributed by atoms with E-state index in [4.69, 9.17) is 0 Å². The van der Waals surface area contributed by atoms with Gasteiger partial charge >= 0.3 is 0 Å². The van der Waals surface area contributed by atoms with E-state index in [1.807, 2.05) is 13.8 Å². The molecule has 3 nitrogen and oxygen atoms in total. The maximum Gasteiger partial charge on any atom is 0.224 e. The van der Waals surface area contributed by atoms with E-state index in [9.17, 15) is 9.18 Å². The highest BCUT2D eigenvalue weighted by atomic mass is 19.1. The molecule has 1 aromatic carbocycles. The zero-order chi connectivity index (χ0) is 13.0. The maximum absolute atomic E-state index is 12.4. The molecule has 0 radical (unpaired) electrons. The monoisotopic (exact) mass is 228 g/mol. The number of anilines is 1. The van der Waals surface area contributed by atoms with Crippen molar-refractivity contribution in [1.82, 2.24) is 0 Å². The molecule has 16 heavy (non-hydrogen) atoms. The third-order valence-electron chi connectivity index (χ3n) is 1.45. The van der Waals surface area contributed by atoms with E-state index in [0.717, 1.165) is 0 Å². The lowest BCUT2D eigenvalue weighted by molar-refractivity contribution is -0.115. The summed E-state index contributed by atoms with van der Waals surface area (Å²) in [7, 11) is 1.50. The molecule has 1 amide bonds. The molecule has 0 unspecified atom stereocenters. The van der Waals surface area contributed by atoms with Gasteiger partial charge in [0.1, 0.15) is 5.82 Å². The van der Waals surface area contributed by atoms with Gasteiger partial charge in [-0.05, 0) is 31.3 Å². The van der Waals surface area contributed by atoms with Gasteiger partial charge in [0.15, 0.2) is 0 Å². The minimum absolute atomic E-state index is 0.0680. The highest BCUT2D eigenvalue weighted by molar-refractivity contribution is 5.90. The lowest BCUT2D eigenvalue weighted by atomic mass is 10.3. The molecule has 0 aliphatic heterocycles. The highest BCUT2D eigenvalue weighted by Crippen LogP contribution is 2.07. The van der Waals surface area contributed by atoms with Crippen molar-refractivity contribution >= 4 is 11.6 Å². The van der Waals surface area contributed by atoms with Gasteiger partial charge in [-0.25, -0.2) is 4.39 Å². The van der Waals surface area contributed by atoms with E-state index in [1.165, 1.54) is 31.3 Å². The predicted octanol–water partition coefficient (Wildman–Crippen LogP) is 2.78. The quantitative estimate of drug-likeness (QED) is 0.817. The van der Waals surface area contributed by atoms with Crippen molar-refractivity contribution in [1.29, 1.82) is 0 Å². The average Bonchev–Trinajstić information content (AvgIpc) is 2.37. The second kappa shape index (κ2) is 11.7. The van der Waals surface area contributed by atoms with Gasteiger partial charge in [0.25, 0.3) is 0 Å². The topological polar surface area (TPSA) is 55.1 Å². The van der Waals surface area contributed by atoms with Crippen LogP contribution in [0.25, 0.3) is 0 Å². The number of amides is 1. The summed E-state index contributed by atoms with van der Waals surface area (Å²) in [6.07, 6.45) is 0.428. The number of hydrogen-bond acceptors (Lipinski definition) is 2. The standard InChI is InChI=1S/C9H10FNO.C2H6.CH5N/c1-2-9(12)11-8-5-3-7(10)4-6-8;2*1-2/h3-6H,2H2,1H3,(H,11,12);1-2H3;2H2,1H3. The largest absolute Gasteiger partial charge is 0.333 e. The fraction of sp³-hybridized carbons (Fsp3) is 0.417. The van der Waals surface area contributed by atoms with Gasteiger partial charge < -0.3 is 11.1 Å². The smallest absolute Gasteiger partial charge is 0.224 e. The van der Waals surface area contributed by atoms with Crippen LogP contribution >= 0.6 is 0 Å². The Hall–Kier alpha value is -1.42. The molecule has 3 N–H and O–H groups in total. The Balaban J connectivity index is 0. The summed E-state index contributed by atoms with van der Waals surface area (Å²) in [5, 5.41) is 2.61. The molecule has 0 atom stereocenters. The normalized spacial score (nSPS) is 7.88. The lowest BCUT2D eigenvalue weighted by Gasteiger charge is -2.01. The average molecular weight is 228 g/mol. The zero-order valence-electron chi connectivity index (χ0n) is 10.4. The second-order valence-electron chi connectivity index (χ2n) is 2.41. The molecule has 0 aliphatic rings. The fourth-order valence-corrected chi connectivity index (χ4v) is 0.783. The van der Waals surface area contributed by atoms with Crippen molar-refractivity contribution in [3.8, 4) is 0 Å². The minimum atomic E-state index is -0.301. The van der Waals surface area contributed by atoms with Crippen molar-refractivity contribution in [2.75, 3.05) is 12.4 Å². The Morgan fingerprint density at radius 1 is 1.25 bits per heavy atom. The van der Waals surface area contributed by atoms with E-state index in [0.29, 0.717) is 12.1 Å². The van der Waals surface area contributed by atoms with Crippen molar-refractivity contribution < 1.29 is 9.18 Å². The zero-order valence-corrected chi connectivity index (χ0v) is 10.4. The van der Waals surface area contributed by atoms with Crippen molar-refractivity contribution in [2.45, 2.75) is 27.2 Å². The van der Waals surface area contributed by atoms with Crippen molar-refractivity contribution in [2.24, 2.45) is 5.73 Å². The highest BCUT2D eigenvalue weighted by Gasteiger charge is 1.97. The molecule has 0 saturated carbocycles. The molecule has 4 heteroatoms. The Bertz CT molecular complexity index is 273. The Kier molecular flexibility index (Phi) is 12.4. The first-order valence-corrected chi connectivity index (χ1v) is 5.35. The van der Waals surface area contributed by atoms with E-state index in [-0.39, 0.29) is 11.7 Å². The van der Waals surface area contributed by atoms with Crippen LogP contribution in [-0.2, 0) is 4.79 Å². The van der Waals surface area contributed by atoms with Gasteiger partial charge in [-0.3, -0.25) is 4.79 Å². The summed E-state index contributed by atoms with van der Waals surface area (Å²) in [5.41, 5.74) is 5.13. The Labute approximate surface area is 96.8 Å². The number of hydrogen-bond donors (Lipinski definition) is 2. The molecule has 92 valence electrons. The van der Waals surface area contributed by atoms with Crippen LogP contribution in [0.1, 0.15) is 27.2 Å². The third-order valence-corrected chi connectivity index (χ3v) is 1.45. The van der Waals surface area contributed by atoms with Crippen molar-refractivity contribution in [3.05, 3.63) is 30.1 Å². The number of rotatable bonds is 2. The van der Waals surface area contributed by atoms with Gasteiger partial charge in [0.05, 0.1) is 0 Å². The fourth-order valence-electron chi connectivity index (χ4n) is 0.783. The van der Waals surface area contributed by atoms with Crippen LogP contribution in [0.5, 0.6) is 0 Å². The lowest BCUT2D eigenvalue weighted by Crippen LogP contribution is -2.09. The SMILES string of the molecule is CC.CCC(=O)Nc1ccc(F)cc1.CN. The molecule has 0 saturated heterocycles. The maximum atomic E-state index is 12.4. The van der Waals surface area contributed by atoms with Gasteiger partial charge in [0, 0.05) is 12.1 Å². The number of nitrogens with one attached hydrogen (secondary N) is 1. The summed E-state index contributed by atoms with van der Waals surface area (Å²) in [4.78, 5) is 10.9.